The third-order valence-corrected chi connectivity index (χ3v) is 4.91. The minimum absolute atomic E-state index is 0.771. The van der Waals surface area contributed by atoms with Crippen molar-refractivity contribution >= 4 is 32.9 Å². The molecule has 0 saturated heterocycles. The third kappa shape index (κ3) is 3.12. The molecule has 0 amide bonds. The molecule has 0 unspecified atom stereocenters. The van der Waals surface area contributed by atoms with Crippen LogP contribution in [-0.2, 0) is 0 Å². The molecule has 2 aromatic rings. The van der Waals surface area contributed by atoms with Crippen molar-refractivity contribution in [3.05, 3.63) is 47.7 Å². The number of pyridine rings is 1. The van der Waals surface area contributed by atoms with Gasteiger partial charge in [-0.2, -0.15) is 0 Å². The summed E-state index contributed by atoms with van der Waals surface area (Å²) in [6.45, 7) is 0. The maximum absolute atomic E-state index is 4.38. The van der Waals surface area contributed by atoms with Crippen LogP contribution in [0.1, 0.15) is 37.7 Å². The number of benzene rings is 1. The Morgan fingerprint density at radius 3 is 2.85 bits per heavy atom. The van der Waals surface area contributed by atoms with Crippen LogP contribution in [0.5, 0.6) is 0 Å². The molecule has 104 valence electrons. The summed E-state index contributed by atoms with van der Waals surface area (Å²) in [5.74, 6) is 0.771. The first-order valence-electron chi connectivity index (χ1n) is 7.48. The van der Waals surface area contributed by atoms with Gasteiger partial charge in [0.1, 0.15) is 0 Å². The smallest absolute Gasteiger partial charge is 0.0702 e. The number of halogens is 1. The average Bonchev–Trinajstić information content (AvgIpc) is 2.53. The highest BCUT2D eigenvalue weighted by Crippen LogP contribution is 2.32. The summed E-state index contributed by atoms with van der Waals surface area (Å²) in [5, 5.41) is 2.21. The Morgan fingerprint density at radius 1 is 1.20 bits per heavy atom. The van der Waals surface area contributed by atoms with Crippen LogP contribution >= 0.6 is 15.9 Å². The fourth-order valence-electron chi connectivity index (χ4n) is 3.14. The molecule has 0 N–H and O–H groups in total. The monoisotopic (exact) mass is 329 g/mol. The second-order valence-electron chi connectivity index (χ2n) is 5.64. The van der Waals surface area contributed by atoms with E-state index in [2.05, 4.69) is 51.3 Å². The number of hydrogen-bond donors (Lipinski definition) is 0. The summed E-state index contributed by atoms with van der Waals surface area (Å²) in [5.41, 5.74) is 3.92. The molecular weight excluding hydrogens is 310 g/mol. The zero-order valence-corrected chi connectivity index (χ0v) is 13.3. The number of allylic oxidation sites excluding steroid dienone is 1. The van der Waals surface area contributed by atoms with Gasteiger partial charge in [-0.25, -0.2) is 0 Å². The Morgan fingerprint density at radius 2 is 2.05 bits per heavy atom. The number of nitrogens with zero attached hydrogens (tertiary/aromatic N) is 1. The highest BCUT2D eigenvalue weighted by atomic mass is 79.9. The van der Waals surface area contributed by atoms with Crippen molar-refractivity contribution in [3.63, 3.8) is 0 Å². The Hall–Kier alpha value is -1.15. The Labute approximate surface area is 129 Å². The van der Waals surface area contributed by atoms with Crippen LogP contribution in [0.2, 0.25) is 0 Å². The van der Waals surface area contributed by atoms with Crippen molar-refractivity contribution < 1.29 is 0 Å². The molecule has 1 fully saturated rings. The molecule has 1 aromatic heterocycles. The van der Waals surface area contributed by atoms with Crippen LogP contribution in [0.25, 0.3) is 17.0 Å². The maximum Gasteiger partial charge on any atom is 0.0702 e. The van der Waals surface area contributed by atoms with Crippen molar-refractivity contribution in [1.29, 1.82) is 0 Å². The quantitative estimate of drug-likeness (QED) is 0.668. The van der Waals surface area contributed by atoms with E-state index in [9.17, 15) is 0 Å². The summed E-state index contributed by atoms with van der Waals surface area (Å²) < 4.78 is 0. The molecule has 0 atom stereocenters. The minimum Gasteiger partial charge on any atom is -0.256 e. The van der Waals surface area contributed by atoms with Crippen molar-refractivity contribution in [2.45, 2.75) is 32.1 Å². The van der Waals surface area contributed by atoms with E-state index in [1.165, 1.54) is 43.1 Å². The Balaban J connectivity index is 1.90. The average molecular weight is 330 g/mol. The molecule has 1 heterocycles. The number of alkyl halides is 1. The molecule has 1 nitrogen and oxygen atoms in total. The molecule has 0 bridgehead atoms. The Bertz CT molecular complexity index is 612. The molecule has 3 rings (SSSR count). The Kier molecular flexibility index (Phi) is 4.51. The molecule has 20 heavy (non-hydrogen) atoms. The summed E-state index contributed by atoms with van der Waals surface area (Å²) in [4.78, 5) is 4.38. The van der Waals surface area contributed by atoms with Gasteiger partial charge in [0.25, 0.3) is 0 Å². The highest BCUT2D eigenvalue weighted by Gasteiger charge is 2.16. The predicted molar refractivity (Wildman–Crippen MR) is 90.1 cm³/mol. The first-order chi connectivity index (χ1) is 9.86. The number of fused-ring (bicyclic) bond motifs is 1. The zero-order valence-electron chi connectivity index (χ0n) is 11.7. The lowest BCUT2D eigenvalue weighted by molar-refractivity contribution is 0.405. The van der Waals surface area contributed by atoms with E-state index in [1.807, 2.05) is 12.3 Å². The highest BCUT2D eigenvalue weighted by molar-refractivity contribution is 9.09. The molecule has 1 aliphatic rings. The van der Waals surface area contributed by atoms with E-state index < -0.39 is 0 Å². The van der Waals surface area contributed by atoms with Crippen LogP contribution in [0, 0.1) is 5.92 Å². The first-order valence-corrected chi connectivity index (χ1v) is 8.60. The molecule has 0 aliphatic heterocycles. The van der Waals surface area contributed by atoms with E-state index in [1.54, 1.807) is 5.57 Å². The van der Waals surface area contributed by atoms with Crippen molar-refractivity contribution in [2.75, 3.05) is 5.33 Å². The van der Waals surface area contributed by atoms with Crippen LogP contribution in [0.15, 0.2) is 42.1 Å². The SMILES string of the molecule is BrC/C(=C/c1ccc2ncccc2c1)C1CCCCC1. The molecular formula is C18H20BrN. The molecule has 2 heteroatoms. The molecule has 1 aliphatic carbocycles. The molecule has 0 radical (unpaired) electrons. The van der Waals surface area contributed by atoms with Gasteiger partial charge in [0.15, 0.2) is 0 Å². The fraction of sp³-hybridized carbons (Fsp3) is 0.389. The van der Waals surface area contributed by atoms with Crippen molar-refractivity contribution in [1.82, 2.24) is 4.98 Å². The largest absolute Gasteiger partial charge is 0.256 e. The van der Waals surface area contributed by atoms with E-state index in [4.69, 9.17) is 0 Å². The normalized spacial score (nSPS) is 17.6. The lowest BCUT2D eigenvalue weighted by Gasteiger charge is -2.23. The lowest BCUT2D eigenvalue weighted by Crippen LogP contribution is -2.10. The summed E-state index contributed by atoms with van der Waals surface area (Å²) in [7, 11) is 0. The molecule has 1 saturated carbocycles. The first kappa shape index (κ1) is 13.8. The van der Waals surface area contributed by atoms with Gasteiger partial charge >= 0.3 is 0 Å². The molecule has 1 aromatic carbocycles. The lowest BCUT2D eigenvalue weighted by atomic mass is 9.84. The van der Waals surface area contributed by atoms with Gasteiger partial charge in [-0.05, 0) is 42.5 Å². The van der Waals surface area contributed by atoms with Crippen LogP contribution in [0.3, 0.4) is 0 Å². The third-order valence-electron chi connectivity index (χ3n) is 4.26. The van der Waals surface area contributed by atoms with Crippen LogP contribution < -0.4 is 0 Å². The zero-order chi connectivity index (χ0) is 13.8. The van der Waals surface area contributed by atoms with Crippen LogP contribution in [0.4, 0.5) is 0 Å². The van der Waals surface area contributed by atoms with Crippen molar-refractivity contribution in [2.24, 2.45) is 5.92 Å². The second-order valence-corrected chi connectivity index (χ2v) is 6.20. The van der Waals surface area contributed by atoms with Gasteiger partial charge in [0, 0.05) is 16.9 Å². The van der Waals surface area contributed by atoms with Crippen molar-refractivity contribution in [3.8, 4) is 0 Å². The van der Waals surface area contributed by atoms with Gasteiger partial charge in [0.2, 0.25) is 0 Å². The van der Waals surface area contributed by atoms with E-state index in [-0.39, 0.29) is 0 Å². The summed E-state index contributed by atoms with van der Waals surface area (Å²) in [6.07, 6.45) is 11.1. The van der Waals surface area contributed by atoms with E-state index in [0.717, 1.165) is 16.8 Å². The summed E-state index contributed by atoms with van der Waals surface area (Å²) >= 11 is 3.68. The van der Waals surface area contributed by atoms with Gasteiger partial charge in [-0.1, -0.05) is 59.0 Å². The summed E-state index contributed by atoms with van der Waals surface area (Å²) in [6, 6.07) is 10.7. The second kappa shape index (κ2) is 6.53. The number of hydrogen-bond acceptors (Lipinski definition) is 1. The molecule has 0 spiro atoms. The van der Waals surface area contributed by atoms with Gasteiger partial charge in [0.05, 0.1) is 5.52 Å². The number of aromatic nitrogens is 1. The fourth-order valence-corrected chi connectivity index (χ4v) is 3.76. The maximum atomic E-state index is 4.38. The van der Waals surface area contributed by atoms with Gasteiger partial charge in [-0.15, -0.1) is 0 Å². The van der Waals surface area contributed by atoms with Gasteiger partial charge < -0.3 is 0 Å². The standard InChI is InChI=1S/C18H20BrN/c19-13-17(15-5-2-1-3-6-15)12-14-8-9-18-16(11-14)7-4-10-20-18/h4,7-12,15H,1-3,5-6,13H2/b17-12-. The van der Waals surface area contributed by atoms with E-state index in [0.29, 0.717) is 0 Å². The van der Waals surface area contributed by atoms with E-state index >= 15 is 0 Å². The van der Waals surface area contributed by atoms with Crippen LogP contribution in [-0.4, -0.2) is 10.3 Å². The van der Waals surface area contributed by atoms with Gasteiger partial charge in [-0.3, -0.25) is 4.98 Å². The topological polar surface area (TPSA) is 12.9 Å². The predicted octanol–water partition coefficient (Wildman–Crippen LogP) is 5.59. The minimum atomic E-state index is 0.771. The number of rotatable bonds is 3.